The minimum Gasteiger partial charge on any atom is -0.355 e. The minimum atomic E-state index is -0.166. The van der Waals surface area contributed by atoms with Gasteiger partial charge in [0.25, 0.3) is 5.91 Å². The van der Waals surface area contributed by atoms with Crippen LogP contribution in [0.1, 0.15) is 29.1 Å². The summed E-state index contributed by atoms with van der Waals surface area (Å²) in [5.41, 5.74) is 1.08. The number of hydrogen-bond acceptors (Lipinski definition) is 6. The second kappa shape index (κ2) is 5.88. The molecule has 1 amide bonds. The van der Waals surface area contributed by atoms with Gasteiger partial charge in [0, 0.05) is 43.5 Å². The molecule has 8 nitrogen and oxygen atoms in total. The highest BCUT2D eigenvalue weighted by Gasteiger charge is 2.26. The van der Waals surface area contributed by atoms with Crippen molar-refractivity contribution in [2.45, 2.75) is 26.4 Å². The highest BCUT2D eigenvalue weighted by atomic mass is 16.5. The van der Waals surface area contributed by atoms with Gasteiger partial charge < -0.3 is 14.0 Å². The predicted octanol–water partition coefficient (Wildman–Crippen LogP) is 1.55. The number of aromatic nitrogens is 5. The van der Waals surface area contributed by atoms with Crippen LogP contribution in [0.4, 0.5) is 0 Å². The predicted molar refractivity (Wildman–Crippen MR) is 83.9 cm³/mol. The van der Waals surface area contributed by atoms with Gasteiger partial charge in [0.05, 0.1) is 6.54 Å². The topological polar surface area (TPSA) is 89.9 Å². The Morgan fingerprint density at radius 1 is 1.33 bits per heavy atom. The summed E-state index contributed by atoms with van der Waals surface area (Å²) in [6.07, 6.45) is 4.18. The third kappa shape index (κ3) is 2.45. The van der Waals surface area contributed by atoms with Crippen LogP contribution in [-0.2, 0) is 19.5 Å². The van der Waals surface area contributed by atoms with Crippen molar-refractivity contribution in [1.29, 1.82) is 0 Å². The summed E-state index contributed by atoms with van der Waals surface area (Å²) in [5.74, 6) is 2.13. The molecular weight excluding hydrogens is 308 g/mol. The third-order valence-corrected chi connectivity index (χ3v) is 4.11. The van der Waals surface area contributed by atoms with E-state index in [1.165, 1.54) is 0 Å². The van der Waals surface area contributed by atoms with Gasteiger partial charge in [-0.1, -0.05) is 12.1 Å². The molecule has 0 spiro atoms. The molecule has 3 aromatic rings. The molecule has 0 aliphatic carbocycles. The summed E-state index contributed by atoms with van der Waals surface area (Å²) >= 11 is 0. The molecule has 8 heteroatoms. The van der Waals surface area contributed by atoms with Gasteiger partial charge >= 0.3 is 0 Å². The Labute approximate surface area is 138 Å². The number of nitrogens with zero attached hydrogens (tertiary/aromatic N) is 6. The number of aryl methyl sites for hydroxylation is 1. The molecule has 4 heterocycles. The van der Waals surface area contributed by atoms with Gasteiger partial charge in [-0.25, -0.2) is 0 Å². The van der Waals surface area contributed by atoms with Gasteiger partial charge in [0.2, 0.25) is 0 Å². The number of amides is 1. The highest BCUT2D eigenvalue weighted by Crippen LogP contribution is 2.21. The molecule has 1 aliphatic rings. The smallest absolute Gasteiger partial charge is 0.276 e. The highest BCUT2D eigenvalue weighted by molar-refractivity contribution is 5.93. The van der Waals surface area contributed by atoms with Crippen molar-refractivity contribution in [1.82, 2.24) is 29.8 Å². The average molecular weight is 324 g/mol. The number of rotatable bonds is 3. The van der Waals surface area contributed by atoms with Crippen LogP contribution in [0.5, 0.6) is 0 Å². The van der Waals surface area contributed by atoms with E-state index in [0.717, 1.165) is 23.6 Å². The molecule has 0 saturated carbocycles. The number of pyridine rings is 1. The van der Waals surface area contributed by atoms with E-state index < -0.39 is 0 Å². The summed E-state index contributed by atoms with van der Waals surface area (Å²) < 4.78 is 7.36. The van der Waals surface area contributed by atoms with Crippen molar-refractivity contribution in [3.05, 3.63) is 47.9 Å². The number of fused-ring (bicyclic) bond motifs is 1. The van der Waals surface area contributed by atoms with E-state index in [9.17, 15) is 4.79 Å². The van der Waals surface area contributed by atoms with Crippen LogP contribution in [0.25, 0.3) is 11.3 Å². The summed E-state index contributed by atoms with van der Waals surface area (Å²) in [6.45, 7) is 3.78. The number of carbonyl (C=O) groups is 1. The molecule has 0 N–H and O–H groups in total. The third-order valence-electron chi connectivity index (χ3n) is 4.11. The second-order valence-electron chi connectivity index (χ2n) is 5.58. The average Bonchev–Trinajstić information content (AvgIpc) is 3.28. The van der Waals surface area contributed by atoms with E-state index in [1.54, 1.807) is 23.4 Å². The first-order valence-electron chi connectivity index (χ1n) is 7.83. The molecule has 122 valence electrons. The van der Waals surface area contributed by atoms with Gasteiger partial charge in [-0.15, -0.1) is 10.2 Å². The van der Waals surface area contributed by atoms with E-state index >= 15 is 0 Å². The fourth-order valence-electron chi connectivity index (χ4n) is 2.84. The Bertz CT molecular complexity index is 870. The summed E-state index contributed by atoms with van der Waals surface area (Å²) in [7, 11) is 0. The lowest BCUT2D eigenvalue weighted by Crippen LogP contribution is -2.38. The Morgan fingerprint density at radius 3 is 3.04 bits per heavy atom. The fraction of sp³-hybridized carbons (Fsp3) is 0.312. The fourth-order valence-corrected chi connectivity index (χ4v) is 2.84. The zero-order valence-corrected chi connectivity index (χ0v) is 13.2. The largest absolute Gasteiger partial charge is 0.355 e. The summed E-state index contributed by atoms with van der Waals surface area (Å²) in [5, 5.41) is 12.2. The van der Waals surface area contributed by atoms with E-state index in [2.05, 4.69) is 24.9 Å². The molecule has 0 fully saturated rings. The zero-order chi connectivity index (χ0) is 16.5. The maximum atomic E-state index is 12.7. The SMILES string of the molecule is CCc1nnc2n1CCN(C(=O)c1cc(-c3cccnc3)on1)C2. The van der Waals surface area contributed by atoms with Gasteiger partial charge in [0.1, 0.15) is 5.82 Å². The second-order valence-corrected chi connectivity index (χ2v) is 5.58. The first-order chi connectivity index (χ1) is 11.8. The van der Waals surface area contributed by atoms with Crippen molar-refractivity contribution in [2.75, 3.05) is 6.54 Å². The zero-order valence-electron chi connectivity index (χ0n) is 13.2. The standard InChI is InChI=1S/C16H16N6O2/c1-2-14-18-19-15-10-21(6-7-22(14)15)16(23)12-8-13(24-20-12)11-4-3-5-17-9-11/h3-5,8-9H,2,6-7,10H2,1H3. The van der Waals surface area contributed by atoms with Gasteiger partial charge in [-0.3, -0.25) is 9.78 Å². The molecule has 0 radical (unpaired) electrons. The Balaban J connectivity index is 1.54. The first-order valence-corrected chi connectivity index (χ1v) is 7.83. The van der Waals surface area contributed by atoms with Crippen LogP contribution < -0.4 is 0 Å². The van der Waals surface area contributed by atoms with Gasteiger partial charge in [0.15, 0.2) is 17.3 Å². The minimum absolute atomic E-state index is 0.166. The van der Waals surface area contributed by atoms with E-state index in [0.29, 0.717) is 25.4 Å². The van der Waals surface area contributed by atoms with Crippen molar-refractivity contribution in [3.8, 4) is 11.3 Å². The summed E-state index contributed by atoms with van der Waals surface area (Å²) in [4.78, 5) is 18.4. The molecular formula is C16H16N6O2. The Morgan fingerprint density at radius 2 is 2.25 bits per heavy atom. The van der Waals surface area contributed by atoms with Crippen molar-refractivity contribution in [3.63, 3.8) is 0 Å². The van der Waals surface area contributed by atoms with Gasteiger partial charge in [-0.2, -0.15) is 0 Å². The summed E-state index contributed by atoms with van der Waals surface area (Å²) in [6, 6.07) is 5.32. The van der Waals surface area contributed by atoms with E-state index in [-0.39, 0.29) is 11.6 Å². The van der Waals surface area contributed by atoms with Crippen LogP contribution >= 0.6 is 0 Å². The van der Waals surface area contributed by atoms with E-state index in [4.69, 9.17) is 4.52 Å². The lowest BCUT2D eigenvalue weighted by molar-refractivity contribution is 0.0696. The number of carbonyl (C=O) groups excluding carboxylic acids is 1. The van der Waals surface area contributed by atoms with Crippen LogP contribution in [0.15, 0.2) is 35.1 Å². The molecule has 0 atom stereocenters. The molecule has 0 unspecified atom stereocenters. The molecule has 0 bridgehead atoms. The molecule has 0 aromatic carbocycles. The molecule has 1 aliphatic heterocycles. The van der Waals surface area contributed by atoms with Crippen LogP contribution in [-0.4, -0.2) is 42.3 Å². The lowest BCUT2D eigenvalue weighted by atomic mass is 10.2. The molecule has 4 rings (SSSR count). The lowest BCUT2D eigenvalue weighted by Gasteiger charge is -2.27. The normalized spacial score (nSPS) is 13.8. The maximum Gasteiger partial charge on any atom is 0.276 e. The van der Waals surface area contributed by atoms with Crippen LogP contribution in [0.2, 0.25) is 0 Å². The Hall–Kier alpha value is -3.03. The van der Waals surface area contributed by atoms with E-state index in [1.807, 2.05) is 19.1 Å². The van der Waals surface area contributed by atoms with Crippen molar-refractivity contribution < 1.29 is 9.32 Å². The first kappa shape index (κ1) is 14.6. The van der Waals surface area contributed by atoms with Crippen LogP contribution in [0.3, 0.4) is 0 Å². The molecule has 0 saturated heterocycles. The monoisotopic (exact) mass is 324 g/mol. The Kier molecular flexibility index (Phi) is 3.56. The maximum absolute atomic E-state index is 12.7. The quantitative estimate of drug-likeness (QED) is 0.726. The number of hydrogen-bond donors (Lipinski definition) is 0. The van der Waals surface area contributed by atoms with Gasteiger partial charge in [-0.05, 0) is 12.1 Å². The van der Waals surface area contributed by atoms with Crippen LogP contribution in [0, 0.1) is 0 Å². The van der Waals surface area contributed by atoms with Crippen molar-refractivity contribution in [2.24, 2.45) is 0 Å². The van der Waals surface area contributed by atoms with Crippen molar-refractivity contribution >= 4 is 5.91 Å². The molecule has 3 aromatic heterocycles. The molecule has 24 heavy (non-hydrogen) atoms.